The van der Waals surface area contributed by atoms with Gasteiger partial charge in [-0.15, -0.1) is 0 Å². The van der Waals surface area contributed by atoms with Crippen molar-refractivity contribution >= 4 is 16.9 Å². The molecule has 192 valence electrons. The molecule has 0 atom stereocenters. The number of benzene rings is 4. The van der Waals surface area contributed by atoms with Crippen LogP contribution in [0.4, 0.5) is 4.39 Å². The van der Waals surface area contributed by atoms with Crippen molar-refractivity contribution in [2.75, 3.05) is 6.61 Å². The summed E-state index contributed by atoms with van der Waals surface area (Å²) in [4.78, 5) is 12.1. The van der Waals surface area contributed by atoms with Gasteiger partial charge in [-0.2, -0.15) is 0 Å². The standard InChI is InChI=1S/C32H28FNO4/c1-2-36-31(35)17-24-7-3-4-9-30(24)37-19-26-20-38-32-28(22-10-12-27(33)13-11-22)15-25(16-29(26)32)23-8-5-6-21(14-23)18-34/h3-16,20H,2,17-19,34H2,1H3. The molecule has 0 saturated carbocycles. The molecule has 4 aromatic carbocycles. The van der Waals surface area contributed by atoms with E-state index in [0.717, 1.165) is 44.3 Å². The van der Waals surface area contributed by atoms with Crippen LogP contribution in [0.15, 0.2) is 95.6 Å². The van der Waals surface area contributed by atoms with Gasteiger partial charge in [0.05, 0.1) is 19.3 Å². The highest BCUT2D eigenvalue weighted by Crippen LogP contribution is 2.37. The highest BCUT2D eigenvalue weighted by Gasteiger charge is 2.17. The van der Waals surface area contributed by atoms with E-state index in [9.17, 15) is 9.18 Å². The normalized spacial score (nSPS) is 11.0. The first kappa shape index (κ1) is 25.2. The summed E-state index contributed by atoms with van der Waals surface area (Å²) in [6, 6.07) is 26.0. The van der Waals surface area contributed by atoms with Crippen molar-refractivity contribution in [3.63, 3.8) is 0 Å². The maximum absolute atomic E-state index is 13.7. The van der Waals surface area contributed by atoms with Crippen LogP contribution >= 0.6 is 0 Å². The number of nitrogens with two attached hydrogens (primary N) is 1. The predicted octanol–water partition coefficient (Wildman–Crippen LogP) is 7.05. The van der Waals surface area contributed by atoms with E-state index >= 15 is 0 Å². The summed E-state index contributed by atoms with van der Waals surface area (Å²) in [5, 5.41) is 0.892. The molecule has 5 nitrogen and oxygen atoms in total. The van der Waals surface area contributed by atoms with Crippen LogP contribution in [-0.2, 0) is 29.1 Å². The molecular formula is C32H28FNO4. The fourth-order valence-corrected chi connectivity index (χ4v) is 4.50. The molecule has 0 radical (unpaired) electrons. The molecule has 5 rings (SSSR count). The van der Waals surface area contributed by atoms with E-state index in [1.807, 2.05) is 48.5 Å². The number of furan rings is 1. The third-order valence-electron chi connectivity index (χ3n) is 6.40. The number of para-hydroxylation sites is 1. The van der Waals surface area contributed by atoms with E-state index in [-0.39, 0.29) is 24.8 Å². The van der Waals surface area contributed by atoms with E-state index in [4.69, 9.17) is 19.6 Å². The number of hydrogen-bond acceptors (Lipinski definition) is 5. The predicted molar refractivity (Wildman–Crippen MR) is 146 cm³/mol. The lowest BCUT2D eigenvalue weighted by molar-refractivity contribution is -0.142. The zero-order valence-corrected chi connectivity index (χ0v) is 21.1. The minimum absolute atomic E-state index is 0.131. The minimum Gasteiger partial charge on any atom is -0.488 e. The van der Waals surface area contributed by atoms with Crippen molar-refractivity contribution in [1.82, 2.24) is 0 Å². The molecule has 0 aliphatic heterocycles. The Labute approximate surface area is 220 Å². The molecule has 0 aliphatic carbocycles. The van der Waals surface area contributed by atoms with E-state index in [1.165, 1.54) is 12.1 Å². The Bertz CT molecular complexity index is 1570. The molecule has 6 heteroatoms. The minimum atomic E-state index is -0.300. The zero-order valence-electron chi connectivity index (χ0n) is 21.1. The van der Waals surface area contributed by atoms with Gasteiger partial charge in [0.1, 0.15) is 23.8 Å². The number of ether oxygens (including phenoxy) is 2. The molecule has 1 heterocycles. The second-order valence-electron chi connectivity index (χ2n) is 8.95. The topological polar surface area (TPSA) is 74.7 Å². The molecule has 0 amide bonds. The second kappa shape index (κ2) is 11.3. The maximum atomic E-state index is 13.7. The van der Waals surface area contributed by atoms with E-state index in [0.29, 0.717) is 24.5 Å². The molecule has 0 saturated heterocycles. The fourth-order valence-electron chi connectivity index (χ4n) is 4.50. The van der Waals surface area contributed by atoms with Crippen LogP contribution in [0.3, 0.4) is 0 Å². The highest BCUT2D eigenvalue weighted by atomic mass is 19.1. The van der Waals surface area contributed by atoms with Crippen LogP contribution < -0.4 is 10.5 Å². The van der Waals surface area contributed by atoms with Gasteiger partial charge in [-0.25, -0.2) is 4.39 Å². The zero-order chi connectivity index (χ0) is 26.5. The van der Waals surface area contributed by atoms with Gasteiger partial charge < -0.3 is 19.6 Å². The fraction of sp³-hybridized carbons (Fsp3) is 0.156. The third-order valence-corrected chi connectivity index (χ3v) is 6.40. The van der Waals surface area contributed by atoms with Gasteiger partial charge in [0.25, 0.3) is 0 Å². The van der Waals surface area contributed by atoms with Crippen molar-refractivity contribution in [3.05, 3.63) is 114 Å². The molecule has 2 N–H and O–H groups in total. The van der Waals surface area contributed by atoms with E-state index < -0.39 is 0 Å². The summed E-state index contributed by atoms with van der Waals surface area (Å²) < 4.78 is 31.0. The van der Waals surface area contributed by atoms with Crippen LogP contribution in [0.25, 0.3) is 33.2 Å². The van der Waals surface area contributed by atoms with Crippen LogP contribution in [-0.4, -0.2) is 12.6 Å². The second-order valence-corrected chi connectivity index (χ2v) is 8.95. The molecule has 1 aromatic heterocycles. The monoisotopic (exact) mass is 509 g/mol. The van der Waals surface area contributed by atoms with Gasteiger partial charge in [-0.05, 0) is 65.6 Å². The average Bonchev–Trinajstić information content (AvgIpc) is 3.35. The first-order valence-corrected chi connectivity index (χ1v) is 12.5. The molecule has 0 fully saturated rings. The first-order chi connectivity index (χ1) is 18.6. The van der Waals surface area contributed by atoms with Crippen molar-refractivity contribution < 1.29 is 23.1 Å². The Morgan fingerprint density at radius 2 is 1.71 bits per heavy atom. The number of esters is 1. The summed E-state index contributed by atoms with van der Waals surface area (Å²) in [7, 11) is 0. The van der Waals surface area contributed by atoms with Gasteiger partial charge in [0, 0.05) is 28.6 Å². The molecule has 0 unspecified atom stereocenters. The first-order valence-electron chi connectivity index (χ1n) is 12.5. The van der Waals surface area contributed by atoms with Crippen molar-refractivity contribution in [3.8, 4) is 28.0 Å². The van der Waals surface area contributed by atoms with Gasteiger partial charge in [0.15, 0.2) is 0 Å². The Hall–Kier alpha value is -4.42. The van der Waals surface area contributed by atoms with Crippen molar-refractivity contribution in [2.24, 2.45) is 5.73 Å². The third kappa shape index (κ3) is 5.45. The number of halogens is 1. The van der Waals surface area contributed by atoms with Crippen LogP contribution in [0.2, 0.25) is 0 Å². The number of rotatable bonds is 9. The Balaban J connectivity index is 1.54. The quantitative estimate of drug-likeness (QED) is 0.216. The lowest BCUT2D eigenvalue weighted by Crippen LogP contribution is -2.09. The van der Waals surface area contributed by atoms with Gasteiger partial charge in [0.2, 0.25) is 0 Å². The van der Waals surface area contributed by atoms with Gasteiger partial charge in [-0.3, -0.25) is 4.79 Å². The largest absolute Gasteiger partial charge is 0.488 e. The smallest absolute Gasteiger partial charge is 0.310 e. The summed E-state index contributed by atoms with van der Waals surface area (Å²) >= 11 is 0. The number of hydrogen-bond donors (Lipinski definition) is 1. The van der Waals surface area contributed by atoms with Crippen molar-refractivity contribution in [1.29, 1.82) is 0 Å². The molecule has 38 heavy (non-hydrogen) atoms. The van der Waals surface area contributed by atoms with Gasteiger partial charge >= 0.3 is 5.97 Å². The SMILES string of the molecule is CCOC(=O)Cc1ccccc1OCc1coc2c(-c3ccc(F)cc3)cc(-c3cccc(CN)c3)cc12. The Morgan fingerprint density at radius 1 is 0.895 bits per heavy atom. The molecule has 0 aliphatic rings. The van der Waals surface area contributed by atoms with Gasteiger partial charge in [-0.1, -0.05) is 48.5 Å². The summed E-state index contributed by atoms with van der Waals surface area (Å²) in [6.45, 7) is 2.79. The van der Waals surface area contributed by atoms with E-state index in [1.54, 1.807) is 25.3 Å². The van der Waals surface area contributed by atoms with Crippen LogP contribution in [0.1, 0.15) is 23.6 Å². The Kier molecular flexibility index (Phi) is 7.52. The van der Waals surface area contributed by atoms with Crippen LogP contribution in [0, 0.1) is 5.82 Å². The summed E-state index contributed by atoms with van der Waals surface area (Å²) in [5.41, 5.74) is 12.9. The summed E-state index contributed by atoms with van der Waals surface area (Å²) in [5.74, 6) is 0.0119. The van der Waals surface area contributed by atoms with Crippen LogP contribution in [0.5, 0.6) is 5.75 Å². The molecule has 0 bridgehead atoms. The lowest BCUT2D eigenvalue weighted by atomic mass is 9.95. The average molecular weight is 510 g/mol. The molecule has 5 aromatic rings. The maximum Gasteiger partial charge on any atom is 0.310 e. The Morgan fingerprint density at radius 3 is 2.50 bits per heavy atom. The number of carbonyl (C=O) groups excluding carboxylic acids is 1. The van der Waals surface area contributed by atoms with Crippen molar-refractivity contribution in [2.45, 2.75) is 26.5 Å². The molecule has 0 spiro atoms. The number of fused-ring (bicyclic) bond motifs is 1. The summed E-state index contributed by atoms with van der Waals surface area (Å²) in [6.07, 6.45) is 1.82. The number of carbonyl (C=O) groups is 1. The highest BCUT2D eigenvalue weighted by molar-refractivity contribution is 5.98. The van der Waals surface area contributed by atoms with E-state index in [2.05, 4.69) is 12.1 Å². The molecular weight excluding hydrogens is 481 g/mol. The lowest BCUT2D eigenvalue weighted by Gasteiger charge is -2.12.